The van der Waals surface area contributed by atoms with Gasteiger partial charge in [-0.1, -0.05) is 84.0 Å². The summed E-state index contributed by atoms with van der Waals surface area (Å²) in [5, 5.41) is 18.5. The summed E-state index contributed by atoms with van der Waals surface area (Å²) in [6.45, 7) is 2.23. The number of aliphatic hydroxyl groups is 2. The van der Waals surface area contributed by atoms with Crippen LogP contribution < -0.4 is 0 Å². The molecule has 0 saturated carbocycles. The Kier molecular flexibility index (Phi) is 13.4. The molecular weight excluding hydrogens is 319 g/mol. The van der Waals surface area contributed by atoms with Crippen LogP contribution in [0.3, 0.4) is 0 Å². The van der Waals surface area contributed by atoms with Crippen molar-refractivity contribution in [3.8, 4) is 0 Å². The van der Waals surface area contributed by atoms with Crippen molar-refractivity contribution in [2.75, 3.05) is 0 Å². The van der Waals surface area contributed by atoms with E-state index in [4.69, 9.17) is 9.79 Å². The summed E-state index contributed by atoms with van der Waals surface area (Å²) >= 11 is 0. The van der Waals surface area contributed by atoms with Crippen LogP contribution in [0.1, 0.15) is 96.8 Å². The standard InChI is InChI=1S/C16H35O6P/c1-2-3-4-5-6-7-8-9-10-11-12-13-14-15-16(17,18)22-23(19,20)21/h17-18H,2-15H2,1H3,(H2,19,20,21). The van der Waals surface area contributed by atoms with Crippen molar-refractivity contribution in [3.63, 3.8) is 0 Å². The van der Waals surface area contributed by atoms with Gasteiger partial charge < -0.3 is 20.0 Å². The molecule has 0 aliphatic carbocycles. The third-order valence-electron chi connectivity index (χ3n) is 3.87. The SMILES string of the molecule is CCCCCCCCCCCCCCCC(O)(O)OP(=O)(O)O. The minimum atomic E-state index is -4.87. The van der Waals surface area contributed by atoms with E-state index in [-0.39, 0.29) is 6.42 Å². The van der Waals surface area contributed by atoms with Crippen LogP contribution in [0, 0.1) is 0 Å². The molecule has 0 radical (unpaired) electrons. The maximum Gasteiger partial charge on any atom is 0.473 e. The molecule has 0 saturated heterocycles. The van der Waals surface area contributed by atoms with E-state index in [1.165, 1.54) is 57.8 Å². The fourth-order valence-corrected chi connectivity index (χ4v) is 3.08. The largest absolute Gasteiger partial charge is 0.473 e. The summed E-state index contributed by atoms with van der Waals surface area (Å²) in [5.74, 6) is -2.74. The fraction of sp³-hybridized carbons (Fsp3) is 1.00. The van der Waals surface area contributed by atoms with Crippen molar-refractivity contribution in [2.45, 2.75) is 103 Å². The molecule has 0 aliphatic heterocycles. The van der Waals surface area contributed by atoms with E-state index in [1.807, 2.05) is 0 Å². The van der Waals surface area contributed by atoms with E-state index in [0.717, 1.165) is 19.3 Å². The second-order valence-electron chi connectivity index (χ2n) is 6.32. The third kappa shape index (κ3) is 18.2. The van der Waals surface area contributed by atoms with Crippen LogP contribution in [0.5, 0.6) is 0 Å². The van der Waals surface area contributed by atoms with Gasteiger partial charge in [0.1, 0.15) is 0 Å². The van der Waals surface area contributed by atoms with Gasteiger partial charge in [0, 0.05) is 6.42 Å². The normalized spacial score (nSPS) is 12.7. The van der Waals surface area contributed by atoms with Crippen LogP contribution in [0.4, 0.5) is 0 Å². The van der Waals surface area contributed by atoms with Gasteiger partial charge in [-0.15, -0.1) is 0 Å². The third-order valence-corrected chi connectivity index (χ3v) is 4.40. The second-order valence-corrected chi connectivity index (χ2v) is 7.48. The molecule has 0 atom stereocenters. The van der Waals surface area contributed by atoms with Crippen molar-refractivity contribution in [2.24, 2.45) is 0 Å². The van der Waals surface area contributed by atoms with Crippen molar-refractivity contribution in [1.29, 1.82) is 0 Å². The van der Waals surface area contributed by atoms with Gasteiger partial charge in [0.2, 0.25) is 0 Å². The number of phosphoric ester groups is 1. The second kappa shape index (κ2) is 13.3. The van der Waals surface area contributed by atoms with Crippen molar-refractivity contribution >= 4 is 7.82 Å². The summed E-state index contributed by atoms with van der Waals surface area (Å²) in [4.78, 5) is 17.1. The summed E-state index contributed by atoms with van der Waals surface area (Å²) in [7, 11) is -4.87. The fourth-order valence-electron chi connectivity index (χ4n) is 2.61. The van der Waals surface area contributed by atoms with Crippen molar-refractivity contribution < 1.29 is 29.1 Å². The first-order valence-electron chi connectivity index (χ1n) is 8.98. The smallest absolute Gasteiger partial charge is 0.343 e. The van der Waals surface area contributed by atoms with E-state index in [2.05, 4.69) is 11.4 Å². The number of unbranched alkanes of at least 4 members (excludes halogenated alkanes) is 12. The predicted octanol–water partition coefficient (Wildman–Crippen LogP) is 4.22. The molecule has 0 aromatic heterocycles. The van der Waals surface area contributed by atoms with E-state index in [9.17, 15) is 14.8 Å². The molecule has 0 spiro atoms. The number of hydrogen-bond acceptors (Lipinski definition) is 4. The molecule has 0 aromatic rings. The lowest BCUT2D eigenvalue weighted by Gasteiger charge is -2.21. The quantitative estimate of drug-likeness (QED) is 0.188. The molecule has 6 nitrogen and oxygen atoms in total. The molecule has 0 fully saturated rings. The van der Waals surface area contributed by atoms with Crippen LogP contribution in [-0.4, -0.2) is 26.0 Å². The first-order valence-corrected chi connectivity index (χ1v) is 10.5. The van der Waals surface area contributed by atoms with E-state index in [1.54, 1.807) is 0 Å². The molecule has 0 heterocycles. The lowest BCUT2D eigenvalue weighted by molar-refractivity contribution is -0.302. The van der Waals surface area contributed by atoms with Gasteiger partial charge in [-0.3, -0.25) is 0 Å². The Bertz CT molecular complexity index is 316. The topological polar surface area (TPSA) is 107 Å². The summed E-state index contributed by atoms with van der Waals surface area (Å²) in [5.41, 5.74) is 0. The predicted molar refractivity (Wildman–Crippen MR) is 90.6 cm³/mol. The van der Waals surface area contributed by atoms with Gasteiger partial charge in [0.05, 0.1) is 0 Å². The maximum absolute atomic E-state index is 10.5. The summed E-state index contributed by atoms with van der Waals surface area (Å²) < 4.78 is 14.4. The molecule has 7 heteroatoms. The molecule has 23 heavy (non-hydrogen) atoms. The van der Waals surface area contributed by atoms with Crippen molar-refractivity contribution in [3.05, 3.63) is 0 Å². The van der Waals surface area contributed by atoms with Gasteiger partial charge in [-0.25, -0.2) is 9.09 Å². The molecular formula is C16H35O6P. The van der Waals surface area contributed by atoms with E-state index >= 15 is 0 Å². The Labute approximate surface area is 140 Å². The highest BCUT2D eigenvalue weighted by Crippen LogP contribution is 2.41. The number of rotatable bonds is 16. The highest BCUT2D eigenvalue weighted by atomic mass is 31.2. The minimum absolute atomic E-state index is 0.199. The zero-order chi connectivity index (χ0) is 17.6. The summed E-state index contributed by atoms with van der Waals surface area (Å²) in [6, 6.07) is 0. The summed E-state index contributed by atoms with van der Waals surface area (Å²) in [6.07, 6.45) is 14.9. The Morgan fingerprint density at radius 3 is 1.43 bits per heavy atom. The molecule has 0 aromatic carbocycles. The molecule has 0 amide bonds. The van der Waals surface area contributed by atoms with Crippen LogP contribution >= 0.6 is 7.82 Å². The Morgan fingerprint density at radius 1 is 0.739 bits per heavy atom. The molecule has 4 N–H and O–H groups in total. The Balaban J connectivity index is 3.32. The molecule has 0 bridgehead atoms. The monoisotopic (exact) mass is 354 g/mol. The van der Waals surface area contributed by atoms with Gasteiger partial charge in [-0.05, 0) is 6.42 Å². The average Bonchev–Trinajstić information content (AvgIpc) is 2.41. The van der Waals surface area contributed by atoms with Crippen molar-refractivity contribution in [1.82, 2.24) is 0 Å². The first kappa shape index (κ1) is 23.0. The molecule has 140 valence electrons. The van der Waals surface area contributed by atoms with Crippen LogP contribution in [-0.2, 0) is 9.09 Å². The van der Waals surface area contributed by atoms with Crippen LogP contribution in [0.15, 0.2) is 0 Å². The van der Waals surface area contributed by atoms with E-state index < -0.39 is 13.8 Å². The zero-order valence-corrected chi connectivity index (χ0v) is 15.3. The lowest BCUT2D eigenvalue weighted by Crippen LogP contribution is -2.30. The number of hydrogen-bond donors (Lipinski definition) is 4. The molecule has 0 rings (SSSR count). The zero-order valence-electron chi connectivity index (χ0n) is 14.5. The van der Waals surface area contributed by atoms with Crippen LogP contribution in [0.2, 0.25) is 0 Å². The highest BCUT2D eigenvalue weighted by molar-refractivity contribution is 7.46. The minimum Gasteiger partial charge on any atom is -0.343 e. The highest BCUT2D eigenvalue weighted by Gasteiger charge is 2.32. The van der Waals surface area contributed by atoms with Gasteiger partial charge in [-0.2, -0.15) is 0 Å². The number of phosphoric acid groups is 1. The molecule has 0 unspecified atom stereocenters. The maximum atomic E-state index is 10.5. The molecule has 0 aliphatic rings. The Hall–Kier alpha value is 0.0300. The van der Waals surface area contributed by atoms with Gasteiger partial charge in [0.25, 0.3) is 5.97 Å². The first-order chi connectivity index (χ1) is 10.8. The van der Waals surface area contributed by atoms with Gasteiger partial charge >= 0.3 is 7.82 Å². The average molecular weight is 354 g/mol. The Morgan fingerprint density at radius 2 is 1.09 bits per heavy atom. The van der Waals surface area contributed by atoms with E-state index in [0.29, 0.717) is 6.42 Å². The van der Waals surface area contributed by atoms with Crippen LogP contribution in [0.25, 0.3) is 0 Å². The lowest BCUT2D eigenvalue weighted by atomic mass is 10.0. The van der Waals surface area contributed by atoms with Gasteiger partial charge in [0.15, 0.2) is 0 Å².